The molecular weight excluding hydrogens is 256 g/mol. The van der Waals surface area contributed by atoms with Crippen LogP contribution in [0.3, 0.4) is 0 Å². The summed E-state index contributed by atoms with van der Waals surface area (Å²) in [6.45, 7) is 4.93. The standard InChI is InChI=1S/C14H20N4O2/c1-14(2,5-3-12(19)20)6-8-15-13-11-4-7-17-18(11)10-9-16-13/h4,7,9-10H,3,5-6,8H2,1-2H3,(H,15,16)(H,19,20). The molecule has 6 heteroatoms. The maximum absolute atomic E-state index is 10.6. The van der Waals surface area contributed by atoms with Gasteiger partial charge in [-0.05, 0) is 24.3 Å². The molecule has 6 nitrogen and oxygen atoms in total. The Kier molecular flexibility index (Phi) is 4.22. The van der Waals surface area contributed by atoms with Crippen molar-refractivity contribution in [1.29, 1.82) is 0 Å². The Morgan fingerprint density at radius 1 is 1.40 bits per heavy atom. The van der Waals surface area contributed by atoms with Gasteiger partial charge < -0.3 is 10.4 Å². The number of hydrogen-bond acceptors (Lipinski definition) is 4. The zero-order chi connectivity index (χ0) is 14.6. The van der Waals surface area contributed by atoms with Gasteiger partial charge in [0.1, 0.15) is 5.52 Å². The van der Waals surface area contributed by atoms with E-state index in [1.54, 1.807) is 23.1 Å². The van der Waals surface area contributed by atoms with Crippen molar-refractivity contribution in [3.05, 3.63) is 24.7 Å². The van der Waals surface area contributed by atoms with E-state index in [0.29, 0.717) is 6.42 Å². The number of carboxylic acid groups (broad SMARTS) is 1. The molecule has 0 unspecified atom stereocenters. The van der Waals surface area contributed by atoms with E-state index < -0.39 is 5.97 Å². The van der Waals surface area contributed by atoms with Gasteiger partial charge in [-0.25, -0.2) is 9.50 Å². The summed E-state index contributed by atoms with van der Waals surface area (Å²) in [7, 11) is 0. The Morgan fingerprint density at radius 3 is 2.95 bits per heavy atom. The fourth-order valence-electron chi connectivity index (χ4n) is 2.08. The topological polar surface area (TPSA) is 79.5 Å². The van der Waals surface area contributed by atoms with Crippen molar-refractivity contribution in [3.63, 3.8) is 0 Å². The Balaban J connectivity index is 1.89. The molecule has 108 valence electrons. The summed E-state index contributed by atoms with van der Waals surface area (Å²) >= 11 is 0. The average molecular weight is 276 g/mol. The molecule has 0 radical (unpaired) electrons. The summed E-state index contributed by atoms with van der Waals surface area (Å²) in [4.78, 5) is 14.9. The van der Waals surface area contributed by atoms with Crippen LogP contribution < -0.4 is 5.32 Å². The molecular formula is C14H20N4O2. The largest absolute Gasteiger partial charge is 0.481 e. The minimum atomic E-state index is -0.739. The molecule has 20 heavy (non-hydrogen) atoms. The Labute approximate surface area is 117 Å². The first-order chi connectivity index (χ1) is 9.48. The number of nitrogens with one attached hydrogen (secondary N) is 1. The summed E-state index contributed by atoms with van der Waals surface area (Å²) in [5.74, 6) is 0.0655. The van der Waals surface area contributed by atoms with Gasteiger partial charge in [0.25, 0.3) is 0 Å². The predicted molar refractivity (Wildman–Crippen MR) is 76.7 cm³/mol. The Hall–Kier alpha value is -2.11. The molecule has 0 fully saturated rings. The van der Waals surface area contributed by atoms with E-state index in [1.165, 1.54) is 0 Å². The third-order valence-corrected chi connectivity index (χ3v) is 3.43. The van der Waals surface area contributed by atoms with Crippen LogP contribution in [0.15, 0.2) is 24.7 Å². The number of hydrogen-bond donors (Lipinski definition) is 2. The van der Waals surface area contributed by atoms with Crippen LogP contribution in [-0.2, 0) is 4.79 Å². The normalized spacial score (nSPS) is 11.7. The summed E-state index contributed by atoms with van der Waals surface area (Å²) in [6, 6.07) is 1.91. The number of nitrogens with zero attached hydrogens (tertiary/aromatic N) is 3. The Bertz CT molecular complexity index is 592. The van der Waals surface area contributed by atoms with E-state index in [2.05, 4.69) is 29.2 Å². The molecule has 0 aliphatic rings. The predicted octanol–water partition coefficient (Wildman–Crippen LogP) is 2.42. The Morgan fingerprint density at radius 2 is 2.20 bits per heavy atom. The summed E-state index contributed by atoms with van der Waals surface area (Å²) < 4.78 is 1.77. The first-order valence-corrected chi connectivity index (χ1v) is 6.72. The highest BCUT2D eigenvalue weighted by Crippen LogP contribution is 2.26. The third kappa shape index (κ3) is 3.69. The fourth-order valence-corrected chi connectivity index (χ4v) is 2.08. The van der Waals surface area contributed by atoms with E-state index in [0.717, 1.165) is 24.3 Å². The lowest BCUT2D eigenvalue weighted by molar-refractivity contribution is -0.137. The molecule has 2 aromatic rings. The molecule has 0 aliphatic carbocycles. The van der Waals surface area contributed by atoms with Crippen molar-refractivity contribution in [2.75, 3.05) is 11.9 Å². The van der Waals surface area contributed by atoms with Crippen LogP contribution in [-0.4, -0.2) is 32.2 Å². The van der Waals surface area contributed by atoms with Gasteiger partial charge in [-0.2, -0.15) is 5.10 Å². The number of aliphatic carboxylic acids is 1. The quantitative estimate of drug-likeness (QED) is 0.812. The number of carbonyl (C=O) groups is 1. The zero-order valence-electron chi connectivity index (χ0n) is 11.8. The molecule has 0 amide bonds. The van der Waals surface area contributed by atoms with Crippen molar-refractivity contribution in [3.8, 4) is 0 Å². The molecule has 0 saturated heterocycles. The first kappa shape index (κ1) is 14.3. The fraction of sp³-hybridized carbons (Fsp3) is 0.500. The molecule has 0 saturated carbocycles. The van der Waals surface area contributed by atoms with E-state index >= 15 is 0 Å². The highest BCUT2D eigenvalue weighted by Gasteiger charge is 2.19. The van der Waals surface area contributed by atoms with Crippen LogP contribution in [0.4, 0.5) is 5.82 Å². The van der Waals surface area contributed by atoms with Gasteiger partial charge in [-0.1, -0.05) is 13.8 Å². The number of anilines is 1. The number of rotatable bonds is 7. The van der Waals surface area contributed by atoms with E-state index in [-0.39, 0.29) is 11.8 Å². The first-order valence-electron chi connectivity index (χ1n) is 6.72. The second-order valence-corrected chi connectivity index (χ2v) is 5.67. The van der Waals surface area contributed by atoms with Crippen molar-refractivity contribution in [2.24, 2.45) is 5.41 Å². The molecule has 0 bridgehead atoms. The van der Waals surface area contributed by atoms with Crippen LogP contribution >= 0.6 is 0 Å². The second kappa shape index (κ2) is 5.90. The van der Waals surface area contributed by atoms with Crippen molar-refractivity contribution in [1.82, 2.24) is 14.6 Å². The molecule has 0 aliphatic heterocycles. The molecule has 0 atom stereocenters. The van der Waals surface area contributed by atoms with Gasteiger partial charge in [-0.15, -0.1) is 0 Å². The number of aromatic nitrogens is 3. The molecule has 2 aromatic heterocycles. The zero-order valence-corrected chi connectivity index (χ0v) is 11.8. The van der Waals surface area contributed by atoms with Crippen LogP contribution in [0.2, 0.25) is 0 Å². The lowest BCUT2D eigenvalue weighted by Gasteiger charge is -2.24. The summed E-state index contributed by atoms with van der Waals surface area (Å²) in [5.41, 5.74) is 0.937. The van der Waals surface area contributed by atoms with Gasteiger partial charge in [-0.3, -0.25) is 4.79 Å². The van der Waals surface area contributed by atoms with Gasteiger partial charge in [0.2, 0.25) is 0 Å². The van der Waals surface area contributed by atoms with Gasteiger partial charge in [0.05, 0.1) is 6.20 Å². The van der Waals surface area contributed by atoms with Crippen LogP contribution in [0, 0.1) is 5.41 Å². The van der Waals surface area contributed by atoms with E-state index in [4.69, 9.17) is 5.11 Å². The van der Waals surface area contributed by atoms with E-state index in [1.807, 2.05) is 6.07 Å². The van der Waals surface area contributed by atoms with Crippen molar-refractivity contribution < 1.29 is 9.90 Å². The van der Waals surface area contributed by atoms with E-state index in [9.17, 15) is 4.79 Å². The maximum Gasteiger partial charge on any atom is 0.303 e. The minimum Gasteiger partial charge on any atom is -0.481 e. The van der Waals surface area contributed by atoms with Crippen LogP contribution in [0.25, 0.3) is 5.52 Å². The molecule has 2 rings (SSSR count). The number of carboxylic acids is 1. The van der Waals surface area contributed by atoms with Gasteiger partial charge in [0.15, 0.2) is 5.82 Å². The second-order valence-electron chi connectivity index (χ2n) is 5.67. The maximum atomic E-state index is 10.6. The van der Waals surface area contributed by atoms with Gasteiger partial charge >= 0.3 is 5.97 Å². The number of fused-ring (bicyclic) bond motifs is 1. The average Bonchev–Trinajstić information content (AvgIpc) is 2.85. The highest BCUT2D eigenvalue weighted by molar-refractivity contribution is 5.67. The van der Waals surface area contributed by atoms with Crippen molar-refractivity contribution in [2.45, 2.75) is 33.1 Å². The minimum absolute atomic E-state index is 0.00327. The lowest BCUT2D eigenvalue weighted by Crippen LogP contribution is -2.18. The third-order valence-electron chi connectivity index (χ3n) is 3.43. The summed E-state index contributed by atoms with van der Waals surface area (Å²) in [5, 5.41) is 16.2. The van der Waals surface area contributed by atoms with Gasteiger partial charge in [0, 0.05) is 25.4 Å². The molecule has 0 spiro atoms. The smallest absolute Gasteiger partial charge is 0.303 e. The van der Waals surface area contributed by atoms with Crippen molar-refractivity contribution >= 4 is 17.3 Å². The molecule has 0 aromatic carbocycles. The lowest BCUT2D eigenvalue weighted by atomic mass is 9.84. The van der Waals surface area contributed by atoms with Crippen LogP contribution in [0.5, 0.6) is 0 Å². The summed E-state index contributed by atoms with van der Waals surface area (Å²) in [6.07, 6.45) is 7.02. The molecule has 2 N–H and O–H groups in total. The monoisotopic (exact) mass is 276 g/mol. The molecule has 2 heterocycles. The highest BCUT2D eigenvalue weighted by atomic mass is 16.4. The van der Waals surface area contributed by atoms with Crippen LogP contribution in [0.1, 0.15) is 33.1 Å². The SMILES string of the molecule is CC(C)(CCNc1nccn2nccc12)CCC(=O)O.